The largest absolute Gasteiger partial charge is 0.310 e. The lowest BCUT2D eigenvalue weighted by molar-refractivity contribution is 0.531. The predicted octanol–water partition coefficient (Wildman–Crippen LogP) is 5.40. The Morgan fingerprint density at radius 2 is 2.22 bits per heavy atom. The number of thiophene rings is 2. The van der Waals surface area contributed by atoms with Gasteiger partial charge in [0.1, 0.15) is 0 Å². The van der Waals surface area contributed by atoms with Crippen molar-refractivity contribution in [3.05, 3.63) is 42.7 Å². The number of nitrogens with one attached hydrogen (secondary N) is 1. The van der Waals surface area contributed by atoms with E-state index in [1.165, 1.54) is 16.9 Å². The summed E-state index contributed by atoms with van der Waals surface area (Å²) < 4.78 is 1.55. The molecule has 0 aliphatic rings. The first-order valence-corrected chi connectivity index (χ1v) is 8.41. The molecule has 0 aliphatic heterocycles. The molecule has 0 saturated carbocycles. The van der Waals surface area contributed by atoms with Gasteiger partial charge in [-0.1, -0.05) is 30.1 Å². The van der Waals surface area contributed by atoms with Crippen LogP contribution in [0.25, 0.3) is 0 Å². The van der Waals surface area contributed by atoms with Crippen LogP contribution in [0.1, 0.15) is 30.5 Å². The van der Waals surface area contributed by atoms with Crippen LogP contribution in [0.2, 0.25) is 8.67 Å². The fourth-order valence-electron chi connectivity index (χ4n) is 1.85. The zero-order chi connectivity index (χ0) is 13.0. The highest BCUT2D eigenvalue weighted by atomic mass is 35.5. The van der Waals surface area contributed by atoms with Crippen LogP contribution < -0.4 is 5.32 Å². The van der Waals surface area contributed by atoms with Crippen molar-refractivity contribution in [2.45, 2.75) is 25.8 Å². The Balaban J connectivity index is 2.16. The molecule has 1 N–H and O–H groups in total. The lowest BCUT2D eigenvalue weighted by atomic mass is 10.0. The third kappa shape index (κ3) is 3.72. The molecular weight excluding hydrogens is 305 g/mol. The first-order chi connectivity index (χ1) is 8.70. The van der Waals surface area contributed by atoms with Crippen LogP contribution in [-0.4, -0.2) is 6.54 Å². The monoisotopic (exact) mass is 319 g/mol. The maximum absolute atomic E-state index is 6.26. The van der Waals surface area contributed by atoms with Crippen LogP contribution >= 0.6 is 45.9 Å². The van der Waals surface area contributed by atoms with Crippen molar-refractivity contribution >= 4 is 45.9 Å². The van der Waals surface area contributed by atoms with E-state index in [1.54, 1.807) is 11.3 Å². The quantitative estimate of drug-likeness (QED) is 0.751. The van der Waals surface area contributed by atoms with E-state index in [1.807, 2.05) is 6.07 Å². The summed E-state index contributed by atoms with van der Waals surface area (Å²) >= 11 is 15.5. The molecule has 1 nitrogen and oxygen atoms in total. The topological polar surface area (TPSA) is 12.0 Å². The molecule has 18 heavy (non-hydrogen) atoms. The third-order valence-corrected chi connectivity index (χ3v) is 4.97. The van der Waals surface area contributed by atoms with E-state index in [2.05, 4.69) is 29.1 Å². The fraction of sp³-hybridized carbons (Fsp3) is 0.385. The van der Waals surface area contributed by atoms with Gasteiger partial charge in [-0.25, -0.2) is 0 Å². The lowest BCUT2D eigenvalue weighted by Crippen LogP contribution is -2.23. The van der Waals surface area contributed by atoms with Crippen LogP contribution in [-0.2, 0) is 6.42 Å². The summed E-state index contributed by atoms with van der Waals surface area (Å²) in [4.78, 5) is 0. The van der Waals surface area contributed by atoms with E-state index in [0.29, 0.717) is 0 Å². The zero-order valence-corrected chi connectivity index (χ0v) is 13.2. The van der Waals surface area contributed by atoms with Crippen molar-refractivity contribution in [3.8, 4) is 0 Å². The van der Waals surface area contributed by atoms with Gasteiger partial charge in [0.15, 0.2) is 0 Å². The van der Waals surface area contributed by atoms with E-state index in [-0.39, 0.29) is 6.04 Å². The number of hydrogen-bond donors (Lipinski definition) is 1. The summed E-state index contributed by atoms with van der Waals surface area (Å²) in [5.41, 5.74) is 2.46. The van der Waals surface area contributed by atoms with E-state index in [9.17, 15) is 0 Å². The van der Waals surface area contributed by atoms with Crippen molar-refractivity contribution in [1.29, 1.82) is 0 Å². The minimum Gasteiger partial charge on any atom is -0.310 e. The van der Waals surface area contributed by atoms with Gasteiger partial charge in [0.25, 0.3) is 0 Å². The molecule has 0 aromatic carbocycles. The van der Waals surface area contributed by atoms with Gasteiger partial charge < -0.3 is 5.32 Å². The Morgan fingerprint density at radius 1 is 1.39 bits per heavy atom. The lowest BCUT2D eigenvalue weighted by Gasteiger charge is -2.17. The van der Waals surface area contributed by atoms with Gasteiger partial charge in [-0.05, 0) is 47.8 Å². The van der Waals surface area contributed by atoms with E-state index in [0.717, 1.165) is 33.6 Å². The molecule has 0 amide bonds. The molecule has 2 heterocycles. The molecular formula is C13H15Cl2NS2. The number of hydrogen-bond acceptors (Lipinski definition) is 3. The smallest absolute Gasteiger partial charge is 0.0992 e. The Morgan fingerprint density at radius 3 is 2.78 bits per heavy atom. The van der Waals surface area contributed by atoms with E-state index in [4.69, 9.17) is 23.2 Å². The Bertz CT molecular complexity index is 479. The van der Waals surface area contributed by atoms with Gasteiger partial charge in [0, 0.05) is 11.6 Å². The average molecular weight is 320 g/mol. The molecule has 98 valence electrons. The SMILES string of the molecule is CCCNC(Cc1ccsc1)c1cc(Cl)sc1Cl. The number of rotatable bonds is 6. The molecule has 2 rings (SSSR count). The molecule has 0 saturated heterocycles. The predicted molar refractivity (Wildman–Crippen MR) is 83.4 cm³/mol. The third-order valence-electron chi connectivity index (χ3n) is 2.72. The maximum atomic E-state index is 6.26. The van der Waals surface area contributed by atoms with Gasteiger partial charge in [-0.15, -0.1) is 11.3 Å². The van der Waals surface area contributed by atoms with Gasteiger partial charge >= 0.3 is 0 Å². The van der Waals surface area contributed by atoms with Gasteiger partial charge in [-0.2, -0.15) is 11.3 Å². The first kappa shape index (κ1) is 14.4. The maximum Gasteiger partial charge on any atom is 0.0992 e. The standard InChI is InChI=1S/C13H15Cl2NS2/c1-2-4-16-11(6-9-3-5-17-8-9)10-7-12(14)18-13(10)15/h3,5,7-8,11,16H,2,4,6H2,1H3. The van der Waals surface area contributed by atoms with Crippen LogP contribution in [0, 0.1) is 0 Å². The van der Waals surface area contributed by atoms with Crippen molar-refractivity contribution in [2.24, 2.45) is 0 Å². The Labute approximate surface area is 126 Å². The summed E-state index contributed by atoms with van der Waals surface area (Å²) in [5, 5.41) is 7.83. The van der Waals surface area contributed by atoms with Gasteiger partial charge in [0.2, 0.25) is 0 Å². The van der Waals surface area contributed by atoms with Crippen molar-refractivity contribution < 1.29 is 0 Å². The van der Waals surface area contributed by atoms with Gasteiger partial charge in [-0.3, -0.25) is 0 Å². The molecule has 1 atom stereocenters. The molecule has 5 heteroatoms. The molecule has 0 radical (unpaired) electrons. The number of halogens is 2. The van der Waals surface area contributed by atoms with Crippen molar-refractivity contribution in [1.82, 2.24) is 5.32 Å². The molecule has 0 fully saturated rings. The highest BCUT2D eigenvalue weighted by Crippen LogP contribution is 2.36. The normalized spacial score (nSPS) is 12.8. The van der Waals surface area contributed by atoms with Crippen molar-refractivity contribution in [2.75, 3.05) is 6.54 Å². The van der Waals surface area contributed by atoms with E-state index >= 15 is 0 Å². The summed E-state index contributed by atoms with van der Waals surface area (Å²) in [6.45, 7) is 3.15. The second-order valence-electron chi connectivity index (χ2n) is 4.12. The highest BCUT2D eigenvalue weighted by molar-refractivity contribution is 7.20. The van der Waals surface area contributed by atoms with Crippen LogP contribution in [0.5, 0.6) is 0 Å². The summed E-state index contributed by atoms with van der Waals surface area (Å²) in [6, 6.07) is 4.39. The highest BCUT2D eigenvalue weighted by Gasteiger charge is 2.17. The minimum absolute atomic E-state index is 0.246. The Hall–Kier alpha value is -0.0600. The summed E-state index contributed by atoms with van der Waals surface area (Å²) in [5.74, 6) is 0. The second kappa shape index (κ2) is 6.92. The zero-order valence-electron chi connectivity index (χ0n) is 10.1. The van der Waals surface area contributed by atoms with Crippen molar-refractivity contribution in [3.63, 3.8) is 0 Å². The van der Waals surface area contributed by atoms with Crippen LogP contribution in [0.15, 0.2) is 22.9 Å². The first-order valence-electron chi connectivity index (χ1n) is 5.90. The Kier molecular flexibility index (Phi) is 5.52. The average Bonchev–Trinajstić information content (AvgIpc) is 2.94. The van der Waals surface area contributed by atoms with Crippen LogP contribution in [0.4, 0.5) is 0 Å². The molecule has 0 spiro atoms. The van der Waals surface area contributed by atoms with E-state index < -0.39 is 0 Å². The summed E-state index contributed by atoms with van der Waals surface area (Å²) in [7, 11) is 0. The minimum atomic E-state index is 0.246. The fourth-order valence-corrected chi connectivity index (χ4v) is 4.11. The molecule has 1 unspecified atom stereocenters. The van der Waals surface area contributed by atoms with Gasteiger partial charge in [0.05, 0.1) is 8.67 Å². The second-order valence-corrected chi connectivity index (χ2v) is 7.19. The summed E-state index contributed by atoms with van der Waals surface area (Å²) in [6.07, 6.45) is 2.06. The molecule has 0 bridgehead atoms. The van der Waals surface area contributed by atoms with Crippen LogP contribution in [0.3, 0.4) is 0 Å². The molecule has 2 aromatic rings. The molecule has 0 aliphatic carbocycles. The molecule has 2 aromatic heterocycles.